The van der Waals surface area contributed by atoms with E-state index in [1.807, 2.05) is 0 Å². The molecule has 0 aromatic rings. The predicted octanol–water partition coefficient (Wildman–Crippen LogP) is 0.611. The molecule has 1 fully saturated rings. The molecule has 0 amide bonds. The molecule has 1 aliphatic heterocycles. The first-order valence-electron chi connectivity index (χ1n) is 3.79. The lowest BCUT2D eigenvalue weighted by molar-refractivity contribution is 0.130. The summed E-state index contributed by atoms with van der Waals surface area (Å²) in [6.07, 6.45) is 3.32. The third kappa shape index (κ3) is 3.85. The van der Waals surface area contributed by atoms with Gasteiger partial charge in [0.25, 0.3) is 10.1 Å². The van der Waals surface area contributed by atoms with Gasteiger partial charge in [0.05, 0.1) is 12.4 Å². The largest absolute Gasteiger partial charge is 0.377 e. The average molecular weight is 192 g/mol. The van der Waals surface area contributed by atoms with Crippen molar-refractivity contribution < 1.29 is 17.7 Å². The monoisotopic (exact) mass is 192 g/mol. The van der Waals surface area contributed by atoms with Crippen LogP contribution in [0.3, 0.4) is 0 Å². The summed E-state index contributed by atoms with van der Waals surface area (Å²) in [5, 5.41) is 0. The fourth-order valence-corrected chi connectivity index (χ4v) is 1.51. The summed E-state index contributed by atoms with van der Waals surface area (Å²) in [6.45, 7) is 1.23. The van der Waals surface area contributed by atoms with Crippen molar-refractivity contribution >= 4 is 10.1 Å². The van der Waals surface area contributed by atoms with Crippen molar-refractivity contribution in [2.45, 2.75) is 12.8 Å². The van der Waals surface area contributed by atoms with Gasteiger partial charge in [-0.1, -0.05) is 6.08 Å². The Morgan fingerprint density at radius 1 is 1.58 bits per heavy atom. The molecule has 0 aromatic carbocycles. The molecule has 0 aromatic heterocycles. The van der Waals surface area contributed by atoms with E-state index in [0.29, 0.717) is 6.61 Å². The van der Waals surface area contributed by atoms with E-state index < -0.39 is 10.1 Å². The standard InChI is InChI=1S/C7H12O4S/c8-12(9,10)5-3-7-2-1-4-11-6-7/h3H,1-2,4-6H2,(H,8,9,10)/b7-3+. The summed E-state index contributed by atoms with van der Waals surface area (Å²) in [4.78, 5) is 0. The van der Waals surface area contributed by atoms with E-state index in [4.69, 9.17) is 9.29 Å². The quantitative estimate of drug-likeness (QED) is 0.514. The molecule has 12 heavy (non-hydrogen) atoms. The zero-order chi connectivity index (χ0) is 9.03. The molecule has 0 atom stereocenters. The Kier molecular flexibility index (Phi) is 3.25. The lowest BCUT2D eigenvalue weighted by Crippen LogP contribution is -2.10. The Bertz CT molecular complexity index is 257. The van der Waals surface area contributed by atoms with Crippen LogP contribution in [0.5, 0.6) is 0 Å². The SMILES string of the molecule is O=S(=O)(O)C/C=C1\CCCOC1. The molecule has 0 bridgehead atoms. The Balaban J connectivity index is 2.45. The van der Waals surface area contributed by atoms with E-state index in [1.54, 1.807) is 0 Å². The third-order valence-electron chi connectivity index (χ3n) is 1.66. The third-order valence-corrected chi connectivity index (χ3v) is 2.24. The van der Waals surface area contributed by atoms with Crippen molar-refractivity contribution in [3.05, 3.63) is 11.6 Å². The highest BCUT2D eigenvalue weighted by Gasteiger charge is 2.07. The first-order valence-corrected chi connectivity index (χ1v) is 5.40. The van der Waals surface area contributed by atoms with Gasteiger partial charge in [-0.15, -0.1) is 0 Å². The van der Waals surface area contributed by atoms with E-state index in [-0.39, 0.29) is 5.75 Å². The smallest absolute Gasteiger partial charge is 0.268 e. The summed E-state index contributed by atoms with van der Waals surface area (Å²) in [6, 6.07) is 0. The molecule has 1 N–H and O–H groups in total. The molecule has 0 spiro atoms. The number of rotatable bonds is 2. The van der Waals surface area contributed by atoms with Crippen molar-refractivity contribution in [1.29, 1.82) is 0 Å². The average Bonchev–Trinajstić information content (AvgIpc) is 2.02. The van der Waals surface area contributed by atoms with Gasteiger partial charge in [0.1, 0.15) is 0 Å². The Hall–Kier alpha value is -0.390. The fraction of sp³-hybridized carbons (Fsp3) is 0.714. The van der Waals surface area contributed by atoms with Gasteiger partial charge in [-0.05, 0) is 18.4 Å². The lowest BCUT2D eigenvalue weighted by Gasteiger charge is -2.13. The van der Waals surface area contributed by atoms with Crippen LogP contribution in [-0.4, -0.2) is 31.9 Å². The van der Waals surface area contributed by atoms with Crippen LogP contribution in [0, 0.1) is 0 Å². The zero-order valence-corrected chi connectivity index (χ0v) is 7.51. The molecule has 1 aliphatic rings. The van der Waals surface area contributed by atoms with E-state index in [0.717, 1.165) is 25.0 Å². The van der Waals surface area contributed by atoms with Gasteiger partial charge in [-0.3, -0.25) is 4.55 Å². The van der Waals surface area contributed by atoms with Crippen LogP contribution in [0.4, 0.5) is 0 Å². The molecule has 1 heterocycles. The van der Waals surface area contributed by atoms with Crippen LogP contribution in [0.25, 0.3) is 0 Å². The van der Waals surface area contributed by atoms with Crippen LogP contribution < -0.4 is 0 Å². The molecule has 0 unspecified atom stereocenters. The highest BCUT2D eigenvalue weighted by molar-refractivity contribution is 7.85. The highest BCUT2D eigenvalue weighted by atomic mass is 32.2. The normalized spacial score (nSPS) is 22.9. The van der Waals surface area contributed by atoms with Crippen molar-refractivity contribution in [1.82, 2.24) is 0 Å². The molecule has 1 saturated heterocycles. The topological polar surface area (TPSA) is 63.6 Å². The minimum absolute atomic E-state index is 0.300. The summed E-state index contributed by atoms with van der Waals surface area (Å²) < 4.78 is 34.2. The molecular formula is C7H12O4S. The van der Waals surface area contributed by atoms with E-state index >= 15 is 0 Å². The van der Waals surface area contributed by atoms with Crippen LogP contribution >= 0.6 is 0 Å². The van der Waals surface area contributed by atoms with Gasteiger partial charge < -0.3 is 4.74 Å². The van der Waals surface area contributed by atoms with Gasteiger partial charge in [-0.2, -0.15) is 8.42 Å². The second kappa shape index (κ2) is 4.02. The van der Waals surface area contributed by atoms with Crippen LogP contribution in [-0.2, 0) is 14.9 Å². The van der Waals surface area contributed by atoms with Crippen molar-refractivity contribution in [3.63, 3.8) is 0 Å². The van der Waals surface area contributed by atoms with Gasteiger partial charge >= 0.3 is 0 Å². The molecule has 0 saturated carbocycles. The van der Waals surface area contributed by atoms with Crippen LogP contribution in [0.1, 0.15) is 12.8 Å². The first-order chi connectivity index (χ1) is 5.58. The van der Waals surface area contributed by atoms with Gasteiger partial charge in [0.2, 0.25) is 0 Å². The Morgan fingerprint density at radius 3 is 2.83 bits per heavy atom. The summed E-state index contributed by atoms with van der Waals surface area (Å²) in [7, 11) is -3.86. The predicted molar refractivity (Wildman–Crippen MR) is 44.6 cm³/mol. The van der Waals surface area contributed by atoms with Gasteiger partial charge in [-0.25, -0.2) is 0 Å². The maximum Gasteiger partial charge on any atom is 0.268 e. The molecule has 70 valence electrons. The molecule has 0 radical (unpaired) electrons. The molecule has 1 rings (SSSR count). The van der Waals surface area contributed by atoms with Crippen LogP contribution in [0.2, 0.25) is 0 Å². The van der Waals surface area contributed by atoms with E-state index in [9.17, 15) is 8.42 Å². The summed E-state index contributed by atoms with van der Waals surface area (Å²) in [5.74, 6) is -0.300. The molecule has 4 nitrogen and oxygen atoms in total. The van der Waals surface area contributed by atoms with Crippen molar-refractivity contribution in [2.75, 3.05) is 19.0 Å². The van der Waals surface area contributed by atoms with E-state index in [2.05, 4.69) is 0 Å². The van der Waals surface area contributed by atoms with Crippen molar-refractivity contribution in [2.24, 2.45) is 0 Å². The summed E-state index contributed by atoms with van der Waals surface area (Å²) >= 11 is 0. The minimum atomic E-state index is -3.86. The van der Waals surface area contributed by atoms with Crippen LogP contribution in [0.15, 0.2) is 11.6 Å². The zero-order valence-electron chi connectivity index (χ0n) is 6.69. The Labute approximate surface area is 72.0 Å². The molecule has 5 heteroatoms. The second-order valence-electron chi connectivity index (χ2n) is 2.77. The second-order valence-corrected chi connectivity index (χ2v) is 4.26. The highest BCUT2D eigenvalue weighted by Crippen LogP contribution is 2.11. The summed E-state index contributed by atoms with van der Waals surface area (Å²) in [5.41, 5.74) is 0.957. The maximum atomic E-state index is 10.3. The van der Waals surface area contributed by atoms with Crippen molar-refractivity contribution in [3.8, 4) is 0 Å². The lowest BCUT2D eigenvalue weighted by atomic mass is 10.1. The van der Waals surface area contributed by atoms with Gasteiger partial charge in [0, 0.05) is 6.61 Å². The Morgan fingerprint density at radius 2 is 2.33 bits per heavy atom. The molecular weight excluding hydrogens is 180 g/mol. The van der Waals surface area contributed by atoms with E-state index in [1.165, 1.54) is 6.08 Å². The molecule has 0 aliphatic carbocycles. The van der Waals surface area contributed by atoms with Gasteiger partial charge in [0.15, 0.2) is 0 Å². The first kappa shape index (κ1) is 9.70. The maximum absolute atomic E-state index is 10.3. The minimum Gasteiger partial charge on any atom is -0.377 e. The fourth-order valence-electron chi connectivity index (χ4n) is 1.06. The number of hydrogen-bond donors (Lipinski definition) is 1. The number of ether oxygens (including phenoxy) is 1. The number of hydrogen-bond acceptors (Lipinski definition) is 3.